The first kappa shape index (κ1) is 18.9. The molecule has 2 nitrogen and oxygen atoms in total. The van der Waals surface area contributed by atoms with Crippen molar-refractivity contribution in [3.63, 3.8) is 0 Å². The molecule has 1 heterocycles. The Morgan fingerprint density at radius 1 is 0.893 bits per heavy atom. The van der Waals surface area contributed by atoms with E-state index in [0.717, 1.165) is 21.3 Å². The zero-order valence-corrected chi connectivity index (χ0v) is 17.3. The standard InChI is InChI=1S/C23H17ClN2S2/c24-18-13-11-17(12-14-18)21-20(16-7-3-1-4-8-16)15-28-22(21)26-23(27)25-19-9-5-2-6-10-19/h1-15,21H,(H,25,27)/b26-22-. The number of hydrogen-bond acceptors (Lipinski definition) is 2. The summed E-state index contributed by atoms with van der Waals surface area (Å²) in [6.07, 6.45) is 0. The number of rotatable bonds is 3. The maximum atomic E-state index is 6.10. The predicted octanol–water partition coefficient (Wildman–Crippen LogP) is 7.01. The summed E-state index contributed by atoms with van der Waals surface area (Å²) >= 11 is 13.2. The third-order valence-corrected chi connectivity index (χ3v) is 5.80. The molecule has 0 amide bonds. The molecule has 1 unspecified atom stereocenters. The molecule has 0 saturated heterocycles. The molecule has 5 heteroatoms. The SMILES string of the molecule is S=C(/N=C1\SC=C(c2ccccc2)C1c1ccc(Cl)cc1)Nc1ccccc1. The van der Waals surface area contributed by atoms with Crippen molar-refractivity contribution in [1.82, 2.24) is 0 Å². The third kappa shape index (κ3) is 4.36. The van der Waals surface area contributed by atoms with Gasteiger partial charge in [0.1, 0.15) is 0 Å². The summed E-state index contributed by atoms with van der Waals surface area (Å²) in [4.78, 5) is 4.74. The second kappa shape index (κ2) is 8.74. The zero-order valence-electron chi connectivity index (χ0n) is 14.9. The van der Waals surface area contributed by atoms with E-state index in [2.05, 4.69) is 47.1 Å². The zero-order chi connectivity index (χ0) is 19.3. The van der Waals surface area contributed by atoms with Crippen LogP contribution in [0.1, 0.15) is 17.0 Å². The van der Waals surface area contributed by atoms with Crippen LogP contribution in [-0.2, 0) is 0 Å². The summed E-state index contributed by atoms with van der Waals surface area (Å²) in [6.45, 7) is 0. The van der Waals surface area contributed by atoms with Crippen LogP contribution in [0.2, 0.25) is 5.02 Å². The first-order chi connectivity index (χ1) is 13.7. The van der Waals surface area contributed by atoms with E-state index in [0.29, 0.717) is 5.11 Å². The van der Waals surface area contributed by atoms with Crippen molar-refractivity contribution in [2.45, 2.75) is 5.92 Å². The first-order valence-electron chi connectivity index (χ1n) is 8.83. The summed E-state index contributed by atoms with van der Waals surface area (Å²) in [5.41, 5.74) is 4.47. The van der Waals surface area contributed by atoms with E-state index in [4.69, 9.17) is 28.8 Å². The van der Waals surface area contributed by atoms with Crippen molar-refractivity contribution in [1.29, 1.82) is 0 Å². The van der Waals surface area contributed by atoms with E-state index < -0.39 is 0 Å². The Balaban J connectivity index is 1.66. The number of nitrogens with zero attached hydrogens (tertiary/aromatic N) is 1. The second-order valence-electron chi connectivity index (χ2n) is 6.29. The molecule has 4 rings (SSSR count). The van der Waals surface area contributed by atoms with Crippen LogP contribution in [-0.4, -0.2) is 10.2 Å². The van der Waals surface area contributed by atoms with E-state index >= 15 is 0 Å². The van der Waals surface area contributed by atoms with Gasteiger partial charge in [0.25, 0.3) is 0 Å². The molecule has 3 aromatic rings. The lowest BCUT2D eigenvalue weighted by molar-refractivity contribution is 1.19. The Morgan fingerprint density at radius 2 is 1.54 bits per heavy atom. The Labute approximate surface area is 179 Å². The van der Waals surface area contributed by atoms with Crippen molar-refractivity contribution in [3.8, 4) is 0 Å². The number of aliphatic imine (C=N–C) groups is 1. The number of allylic oxidation sites excluding steroid dienone is 1. The van der Waals surface area contributed by atoms with Gasteiger partial charge in [0.15, 0.2) is 5.11 Å². The first-order valence-corrected chi connectivity index (χ1v) is 10.5. The third-order valence-electron chi connectivity index (χ3n) is 4.41. The number of anilines is 1. The summed E-state index contributed by atoms with van der Waals surface area (Å²) < 4.78 is 0. The smallest absolute Gasteiger partial charge is 0.198 e. The molecule has 0 aliphatic carbocycles. The molecule has 1 aliphatic heterocycles. The van der Waals surface area contributed by atoms with Gasteiger partial charge < -0.3 is 5.32 Å². The number of thioether (sulfide) groups is 1. The van der Waals surface area contributed by atoms with Gasteiger partial charge in [-0.2, -0.15) is 0 Å². The molecular weight excluding hydrogens is 404 g/mol. The predicted molar refractivity (Wildman–Crippen MR) is 126 cm³/mol. The lowest BCUT2D eigenvalue weighted by atomic mass is 9.88. The molecule has 0 aromatic heterocycles. The maximum Gasteiger partial charge on any atom is 0.198 e. The van der Waals surface area contributed by atoms with E-state index in [1.54, 1.807) is 11.8 Å². The van der Waals surface area contributed by atoms with Crippen LogP contribution in [0, 0.1) is 0 Å². The van der Waals surface area contributed by atoms with Gasteiger partial charge in [-0.1, -0.05) is 84.0 Å². The topological polar surface area (TPSA) is 24.4 Å². The van der Waals surface area contributed by atoms with E-state index in [1.165, 1.54) is 11.1 Å². The van der Waals surface area contributed by atoms with E-state index in [1.807, 2.05) is 48.5 Å². The highest BCUT2D eigenvalue weighted by atomic mass is 35.5. The molecule has 1 atom stereocenters. The maximum absolute atomic E-state index is 6.10. The van der Waals surface area contributed by atoms with Crippen molar-refractivity contribution in [2.24, 2.45) is 4.99 Å². The number of thiocarbonyl (C=S) groups is 1. The summed E-state index contributed by atoms with van der Waals surface area (Å²) in [7, 11) is 0. The lowest BCUT2D eigenvalue weighted by Crippen LogP contribution is -2.13. The molecule has 0 fully saturated rings. The van der Waals surface area contributed by atoms with Crippen molar-refractivity contribution in [3.05, 3.63) is 106 Å². The molecule has 1 aliphatic rings. The van der Waals surface area contributed by atoms with Gasteiger partial charge in [-0.05, 0) is 58.6 Å². The molecule has 1 N–H and O–H groups in total. The highest BCUT2D eigenvalue weighted by Crippen LogP contribution is 2.44. The Kier molecular flexibility index (Phi) is 5.91. The quantitative estimate of drug-likeness (QED) is 0.461. The van der Waals surface area contributed by atoms with Crippen LogP contribution in [0.15, 0.2) is 95.3 Å². The number of benzene rings is 3. The van der Waals surface area contributed by atoms with Crippen LogP contribution in [0.4, 0.5) is 5.69 Å². The Hall–Kier alpha value is -2.40. The summed E-state index contributed by atoms with van der Waals surface area (Å²) in [6, 6.07) is 28.2. The van der Waals surface area contributed by atoms with Gasteiger partial charge in [-0.15, -0.1) is 0 Å². The summed E-state index contributed by atoms with van der Waals surface area (Å²) in [5, 5.41) is 7.49. The molecule has 3 aromatic carbocycles. The van der Waals surface area contributed by atoms with Crippen molar-refractivity contribution in [2.75, 3.05) is 5.32 Å². The fourth-order valence-corrected chi connectivity index (χ4v) is 4.56. The number of nitrogens with one attached hydrogen (secondary N) is 1. The fraction of sp³-hybridized carbons (Fsp3) is 0.0435. The minimum atomic E-state index is 0.0280. The largest absolute Gasteiger partial charge is 0.331 e. The molecule has 138 valence electrons. The van der Waals surface area contributed by atoms with Gasteiger partial charge in [-0.25, -0.2) is 4.99 Å². The molecule has 0 saturated carbocycles. The van der Waals surface area contributed by atoms with Gasteiger partial charge in [0, 0.05) is 10.7 Å². The molecule has 28 heavy (non-hydrogen) atoms. The van der Waals surface area contributed by atoms with Crippen LogP contribution in [0.25, 0.3) is 5.57 Å². The van der Waals surface area contributed by atoms with Crippen LogP contribution in [0.5, 0.6) is 0 Å². The van der Waals surface area contributed by atoms with Gasteiger partial charge in [0.2, 0.25) is 0 Å². The number of para-hydroxylation sites is 1. The molecular formula is C23H17ClN2S2. The monoisotopic (exact) mass is 420 g/mol. The van der Waals surface area contributed by atoms with Crippen LogP contribution < -0.4 is 5.32 Å². The number of hydrogen-bond donors (Lipinski definition) is 1. The minimum absolute atomic E-state index is 0.0280. The van der Waals surface area contributed by atoms with Gasteiger partial charge in [0.05, 0.1) is 11.0 Å². The van der Waals surface area contributed by atoms with E-state index in [9.17, 15) is 0 Å². The Morgan fingerprint density at radius 3 is 2.21 bits per heavy atom. The highest BCUT2D eigenvalue weighted by molar-refractivity contribution is 8.17. The normalized spacial score (nSPS) is 17.4. The van der Waals surface area contributed by atoms with E-state index in [-0.39, 0.29) is 5.92 Å². The van der Waals surface area contributed by atoms with Gasteiger partial charge >= 0.3 is 0 Å². The summed E-state index contributed by atoms with van der Waals surface area (Å²) in [5.74, 6) is 0.0280. The van der Waals surface area contributed by atoms with Crippen molar-refractivity contribution < 1.29 is 0 Å². The average Bonchev–Trinajstić information content (AvgIpc) is 3.13. The average molecular weight is 421 g/mol. The lowest BCUT2D eigenvalue weighted by Gasteiger charge is -2.17. The van der Waals surface area contributed by atoms with Crippen LogP contribution in [0.3, 0.4) is 0 Å². The molecule has 0 radical (unpaired) electrons. The van der Waals surface area contributed by atoms with Crippen LogP contribution >= 0.6 is 35.6 Å². The van der Waals surface area contributed by atoms with Gasteiger partial charge in [-0.3, -0.25) is 0 Å². The fourth-order valence-electron chi connectivity index (χ4n) is 3.10. The number of halogens is 1. The minimum Gasteiger partial charge on any atom is -0.331 e. The molecule has 0 spiro atoms. The highest BCUT2D eigenvalue weighted by Gasteiger charge is 2.29. The molecule has 0 bridgehead atoms. The Bertz CT molecular complexity index is 1030. The van der Waals surface area contributed by atoms with Crippen molar-refractivity contribution >= 4 is 57.0 Å². The second-order valence-corrected chi connectivity index (χ2v) is 8.00.